The second-order valence-electron chi connectivity index (χ2n) is 9.50. The van der Waals surface area contributed by atoms with Gasteiger partial charge in [0.15, 0.2) is 0 Å². The van der Waals surface area contributed by atoms with Crippen molar-refractivity contribution in [2.24, 2.45) is 5.41 Å². The highest BCUT2D eigenvalue weighted by atomic mass is 16.5. The van der Waals surface area contributed by atoms with Gasteiger partial charge in [0.2, 0.25) is 0 Å². The van der Waals surface area contributed by atoms with Gasteiger partial charge in [-0.15, -0.1) is 0 Å². The summed E-state index contributed by atoms with van der Waals surface area (Å²) < 4.78 is 5.19. The summed E-state index contributed by atoms with van der Waals surface area (Å²) in [6.07, 6.45) is 13.1. The molecule has 1 aromatic rings. The monoisotopic (exact) mass is 374 g/mol. The molecule has 0 atom stereocenters. The van der Waals surface area contributed by atoms with Crippen LogP contribution in [0, 0.1) is 5.41 Å². The van der Waals surface area contributed by atoms with Crippen LogP contribution in [0.1, 0.15) is 96.1 Å². The number of rotatable bonds is 13. The number of phenolic OH excluding ortho intramolecular Hbond substituents is 1. The molecule has 1 N–H and O–H groups in total. The van der Waals surface area contributed by atoms with Crippen LogP contribution < -0.4 is 0 Å². The Kier molecular flexibility index (Phi) is 8.19. The predicted octanol–water partition coefficient (Wildman–Crippen LogP) is 6.35. The zero-order valence-corrected chi connectivity index (χ0v) is 17.6. The molecule has 1 aromatic carbocycles. The van der Waals surface area contributed by atoms with Gasteiger partial charge in [-0.25, -0.2) is 0 Å². The molecule has 1 aliphatic rings. The molecule has 0 unspecified atom stereocenters. The lowest BCUT2D eigenvalue weighted by molar-refractivity contribution is -0.135. The van der Waals surface area contributed by atoms with Crippen molar-refractivity contribution in [3.8, 4) is 5.75 Å². The van der Waals surface area contributed by atoms with Gasteiger partial charge in [-0.1, -0.05) is 58.2 Å². The Hall–Kier alpha value is -1.51. The molecule has 0 bridgehead atoms. The van der Waals surface area contributed by atoms with Crippen LogP contribution in [0.2, 0.25) is 0 Å². The fourth-order valence-corrected chi connectivity index (χ4v) is 3.80. The Bertz CT molecular complexity index is 582. The maximum absolute atomic E-state index is 10.6. The van der Waals surface area contributed by atoms with Gasteiger partial charge in [-0.3, -0.25) is 4.79 Å². The molecule has 3 nitrogen and oxygen atoms in total. The van der Waals surface area contributed by atoms with Gasteiger partial charge in [-0.05, 0) is 74.3 Å². The number of aryl methyl sites for hydroxylation is 2. The minimum atomic E-state index is -0.128. The molecule has 0 aromatic heterocycles. The van der Waals surface area contributed by atoms with Crippen molar-refractivity contribution >= 4 is 6.47 Å². The van der Waals surface area contributed by atoms with Crippen molar-refractivity contribution in [1.82, 2.24) is 0 Å². The van der Waals surface area contributed by atoms with Gasteiger partial charge in [0, 0.05) is 0 Å². The van der Waals surface area contributed by atoms with Crippen LogP contribution in [-0.4, -0.2) is 17.2 Å². The highest BCUT2D eigenvalue weighted by Gasteiger charge is 2.44. The normalized spacial score (nSPS) is 15.5. The molecule has 0 saturated heterocycles. The molecule has 0 heterocycles. The zero-order chi connectivity index (χ0) is 19.8. The molecular formula is C24H38O3. The lowest BCUT2D eigenvalue weighted by Crippen LogP contribution is -2.12. The first-order valence-corrected chi connectivity index (χ1v) is 10.8. The molecular weight excluding hydrogens is 336 g/mol. The van der Waals surface area contributed by atoms with E-state index in [1.807, 2.05) is 0 Å². The van der Waals surface area contributed by atoms with Gasteiger partial charge in [0.1, 0.15) is 11.4 Å². The average Bonchev–Trinajstić information content (AvgIpc) is 3.36. The first-order chi connectivity index (χ1) is 12.9. The van der Waals surface area contributed by atoms with Crippen molar-refractivity contribution in [3.63, 3.8) is 0 Å². The average molecular weight is 375 g/mol. The third-order valence-corrected chi connectivity index (χ3v) is 5.76. The number of carbonyl (C=O) groups excluding carboxylic acids is 1. The predicted molar refractivity (Wildman–Crippen MR) is 111 cm³/mol. The Morgan fingerprint density at radius 3 is 2.11 bits per heavy atom. The van der Waals surface area contributed by atoms with E-state index < -0.39 is 0 Å². The van der Waals surface area contributed by atoms with E-state index in [0.717, 1.165) is 68.9 Å². The molecule has 0 spiro atoms. The smallest absolute Gasteiger partial charge is 0.293 e. The molecule has 0 radical (unpaired) electrons. The summed E-state index contributed by atoms with van der Waals surface area (Å²) >= 11 is 0. The third kappa shape index (κ3) is 7.94. The highest BCUT2D eigenvalue weighted by Crippen LogP contribution is 2.43. The van der Waals surface area contributed by atoms with Gasteiger partial charge in [0.25, 0.3) is 6.47 Å². The van der Waals surface area contributed by atoms with Gasteiger partial charge in [0.05, 0.1) is 0 Å². The maximum atomic E-state index is 10.6. The Labute approximate surface area is 165 Å². The van der Waals surface area contributed by atoms with Crippen LogP contribution in [-0.2, 0) is 22.4 Å². The van der Waals surface area contributed by atoms with E-state index in [2.05, 4.69) is 39.0 Å². The molecule has 27 heavy (non-hydrogen) atoms. The van der Waals surface area contributed by atoms with Gasteiger partial charge >= 0.3 is 0 Å². The second-order valence-corrected chi connectivity index (χ2v) is 9.50. The first-order valence-electron chi connectivity index (χ1n) is 10.8. The van der Waals surface area contributed by atoms with Gasteiger partial charge in [-0.2, -0.15) is 0 Å². The number of para-hydroxylation sites is 1. The third-order valence-electron chi connectivity index (χ3n) is 5.76. The lowest BCUT2D eigenvalue weighted by atomic mass is 9.89. The van der Waals surface area contributed by atoms with Crippen molar-refractivity contribution in [2.75, 3.05) is 0 Å². The minimum absolute atomic E-state index is 0.128. The Balaban J connectivity index is 1.67. The molecule has 0 aliphatic heterocycles. The van der Waals surface area contributed by atoms with Crippen molar-refractivity contribution in [3.05, 3.63) is 29.3 Å². The van der Waals surface area contributed by atoms with E-state index in [1.165, 1.54) is 19.3 Å². The Morgan fingerprint density at radius 1 is 1.00 bits per heavy atom. The van der Waals surface area contributed by atoms with Gasteiger partial charge < -0.3 is 9.84 Å². The van der Waals surface area contributed by atoms with Crippen LogP contribution in [0.4, 0.5) is 0 Å². The second kappa shape index (κ2) is 10.1. The quantitative estimate of drug-likeness (QED) is 0.323. The number of aromatic hydroxyl groups is 1. The van der Waals surface area contributed by atoms with Crippen molar-refractivity contribution in [1.29, 1.82) is 0 Å². The molecule has 0 amide bonds. The summed E-state index contributed by atoms with van der Waals surface area (Å²) in [6.45, 7) is 7.48. The first kappa shape index (κ1) is 21.8. The van der Waals surface area contributed by atoms with Crippen LogP contribution in [0.15, 0.2) is 18.2 Å². The van der Waals surface area contributed by atoms with E-state index in [-0.39, 0.29) is 5.60 Å². The molecule has 152 valence electrons. The fraction of sp³-hybridized carbons (Fsp3) is 0.708. The summed E-state index contributed by atoms with van der Waals surface area (Å²) in [5.41, 5.74) is 2.46. The zero-order valence-electron chi connectivity index (χ0n) is 17.6. The number of hydrogen-bond acceptors (Lipinski definition) is 3. The molecule has 1 saturated carbocycles. The molecule has 2 rings (SSSR count). The van der Waals surface area contributed by atoms with E-state index in [9.17, 15) is 9.90 Å². The van der Waals surface area contributed by atoms with E-state index in [1.54, 1.807) is 0 Å². The summed E-state index contributed by atoms with van der Waals surface area (Å²) in [5.74, 6) is 0.510. The summed E-state index contributed by atoms with van der Waals surface area (Å²) in [5, 5.41) is 10.6. The summed E-state index contributed by atoms with van der Waals surface area (Å²) in [7, 11) is 0. The topological polar surface area (TPSA) is 46.5 Å². The number of hydrogen-bond donors (Lipinski definition) is 1. The number of phenols is 1. The molecule has 1 fully saturated rings. The van der Waals surface area contributed by atoms with Crippen LogP contribution in [0.5, 0.6) is 5.75 Å². The van der Waals surface area contributed by atoms with E-state index >= 15 is 0 Å². The standard InChI is InChI=1S/C24H38O3/c1-23(2,3)15-8-4-6-11-20-13-10-14-21(22(20)26)12-7-5-9-16-24(17-18-24)27-19-25/h10,13-14,19,26H,4-9,11-12,15-18H2,1-3H3. The lowest BCUT2D eigenvalue weighted by Gasteiger charge is -2.17. The minimum Gasteiger partial charge on any atom is -0.507 e. The summed E-state index contributed by atoms with van der Waals surface area (Å²) in [6, 6.07) is 6.20. The summed E-state index contributed by atoms with van der Waals surface area (Å²) in [4.78, 5) is 10.5. The van der Waals surface area contributed by atoms with E-state index in [4.69, 9.17) is 4.74 Å². The molecule has 1 aliphatic carbocycles. The van der Waals surface area contributed by atoms with E-state index in [0.29, 0.717) is 17.6 Å². The number of carbonyl (C=O) groups is 1. The number of ether oxygens (including phenoxy) is 1. The Morgan fingerprint density at radius 2 is 1.59 bits per heavy atom. The van der Waals surface area contributed by atoms with Crippen molar-refractivity contribution in [2.45, 2.75) is 103 Å². The van der Waals surface area contributed by atoms with Crippen LogP contribution in [0.3, 0.4) is 0 Å². The highest BCUT2D eigenvalue weighted by molar-refractivity contribution is 5.40. The number of unbranched alkanes of at least 4 members (excludes halogenated alkanes) is 4. The SMILES string of the molecule is CC(C)(C)CCCCCc1cccc(CCCCCC2(OC=O)CC2)c1O. The van der Waals surface area contributed by atoms with Crippen LogP contribution >= 0.6 is 0 Å². The number of benzene rings is 1. The van der Waals surface area contributed by atoms with Crippen molar-refractivity contribution < 1.29 is 14.6 Å². The maximum Gasteiger partial charge on any atom is 0.293 e. The largest absolute Gasteiger partial charge is 0.507 e. The fourth-order valence-electron chi connectivity index (χ4n) is 3.80. The molecule has 3 heteroatoms. The van der Waals surface area contributed by atoms with Crippen LogP contribution in [0.25, 0.3) is 0 Å².